The molecular weight excluding hydrogens is 202 g/mol. The van der Waals surface area contributed by atoms with Gasteiger partial charge in [-0.2, -0.15) is 0 Å². The molecule has 16 heavy (non-hydrogen) atoms. The third-order valence-corrected chi connectivity index (χ3v) is 3.37. The van der Waals surface area contributed by atoms with Crippen molar-refractivity contribution < 1.29 is 9.84 Å². The molecule has 1 aliphatic heterocycles. The maximum atomic E-state index is 9.61. The summed E-state index contributed by atoms with van der Waals surface area (Å²) in [6.45, 7) is 11.6. The van der Waals surface area contributed by atoms with E-state index in [-0.39, 0.29) is 12.0 Å². The Morgan fingerprint density at radius 3 is 2.62 bits per heavy atom. The monoisotopic (exact) mass is 229 g/mol. The molecule has 0 saturated carbocycles. The van der Waals surface area contributed by atoms with Crippen molar-refractivity contribution in [3.8, 4) is 0 Å². The van der Waals surface area contributed by atoms with Crippen LogP contribution in [0.25, 0.3) is 0 Å². The van der Waals surface area contributed by atoms with Crippen LogP contribution in [-0.4, -0.2) is 49.5 Å². The predicted octanol–water partition coefficient (Wildman–Crippen LogP) is 1.75. The number of hydrogen-bond acceptors (Lipinski definition) is 3. The van der Waals surface area contributed by atoms with Crippen molar-refractivity contribution in [3.63, 3.8) is 0 Å². The van der Waals surface area contributed by atoms with Gasteiger partial charge in [-0.25, -0.2) is 0 Å². The van der Waals surface area contributed by atoms with E-state index in [1.807, 2.05) is 0 Å². The molecule has 1 aliphatic rings. The Morgan fingerprint density at radius 1 is 1.44 bits per heavy atom. The summed E-state index contributed by atoms with van der Waals surface area (Å²) in [6, 6.07) is 0. The fourth-order valence-corrected chi connectivity index (χ4v) is 2.51. The van der Waals surface area contributed by atoms with Gasteiger partial charge in [0.15, 0.2) is 0 Å². The minimum Gasteiger partial charge on any atom is -0.396 e. The first kappa shape index (κ1) is 13.9. The van der Waals surface area contributed by atoms with Crippen LogP contribution in [0.4, 0.5) is 0 Å². The maximum Gasteiger partial charge on any atom is 0.0556 e. The zero-order chi connectivity index (χ0) is 12.0. The van der Waals surface area contributed by atoms with Crippen molar-refractivity contribution in [1.29, 1.82) is 0 Å². The average Bonchev–Trinajstić information content (AvgIpc) is 2.29. The molecule has 3 heteroatoms. The topological polar surface area (TPSA) is 32.7 Å². The molecule has 0 bridgehead atoms. The summed E-state index contributed by atoms with van der Waals surface area (Å²) in [5.41, 5.74) is -0.0108. The second kappa shape index (κ2) is 6.58. The molecule has 3 nitrogen and oxygen atoms in total. The molecule has 1 rings (SSSR count). The summed E-state index contributed by atoms with van der Waals surface area (Å²) in [6.07, 6.45) is 2.18. The first-order chi connectivity index (χ1) is 7.62. The largest absolute Gasteiger partial charge is 0.396 e. The Morgan fingerprint density at radius 2 is 2.19 bits per heavy atom. The summed E-state index contributed by atoms with van der Waals surface area (Å²) >= 11 is 0. The fourth-order valence-electron chi connectivity index (χ4n) is 2.51. The summed E-state index contributed by atoms with van der Waals surface area (Å²) in [7, 11) is 0. The fraction of sp³-hybridized carbons (Fsp3) is 1.00. The number of aliphatic hydroxyl groups excluding tert-OH is 1. The van der Waals surface area contributed by atoms with E-state index in [0.29, 0.717) is 5.92 Å². The van der Waals surface area contributed by atoms with Gasteiger partial charge in [-0.3, -0.25) is 0 Å². The van der Waals surface area contributed by atoms with Gasteiger partial charge in [0.25, 0.3) is 0 Å². The van der Waals surface area contributed by atoms with Gasteiger partial charge in [0.1, 0.15) is 0 Å². The van der Waals surface area contributed by atoms with Gasteiger partial charge in [-0.15, -0.1) is 0 Å². The first-order valence-corrected chi connectivity index (χ1v) is 6.53. The van der Waals surface area contributed by atoms with E-state index in [4.69, 9.17) is 4.74 Å². The van der Waals surface area contributed by atoms with E-state index in [2.05, 4.69) is 25.7 Å². The van der Waals surface area contributed by atoms with Crippen molar-refractivity contribution in [3.05, 3.63) is 0 Å². The van der Waals surface area contributed by atoms with Crippen LogP contribution >= 0.6 is 0 Å². The maximum absolute atomic E-state index is 9.61. The Kier molecular flexibility index (Phi) is 5.73. The van der Waals surface area contributed by atoms with Gasteiger partial charge in [0.2, 0.25) is 0 Å². The lowest BCUT2D eigenvalue weighted by atomic mass is 9.82. The van der Waals surface area contributed by atoms with Crippen molar-refractivity contribution in [2.45, 2.75) is 33.6 Å². The van der Waals surface area contributed by atoms with Gasteiger partial charge in [-0.05, 0) is 25.3 Å². The molecule has 1 fully saturated rings. The van der Waals surface area contributed by atoms with Crippen LogP contribution in [0.1, 0.15) is 33.6 Å². The molecule has 0 aliphatic carbocycles. The van der Waals surface area contributed by atoms with Gasteiger partial charge in [0, 0.05) is 25.1 Å². The summed E-state index contributed by atoms with van der Waals surface area (Å²) in [4.78, 5) is 2.44. The van der Waals surface area contributed by atoms with Crippen molar-refractivity contribution in [2.24, 2.45) is 11.3 Å². The Balaban J connectivity index is 2.51. The SMILES string of the molecule is CCN(CC(C)C)CC1(CO)CCCOC1. The molecule has 0 aromatic rings. The molecule has 0 aromatic heterocycles. The highest BCUT2D eigenvalue weighted by Gasteiger charge is 2.33. The number of ether oxygens (including phenoxy) is 1. The lowest BCUT2D eigenvalue weighted by molar-refractivity contribution is -0.0558. The number of aliphatic hydroxyl groups is 1. The van der Waals surface area contributed by atoms with Crippen LogP contribution in [0.15, 0.2) is 0 Å². The number of rotatable bonds is 6. The number of hydrogen-bond donors (Lipinski definition) is 1. The standard InChI is InChI=1S/C13H27NO2/c1-4-14(8-12(2)3)9-13(10-15)6-5-7-16-11-13/h12,15H,4-11H2,1-3H3. The molecule has 1 atom stereocenters. The van der Waals surface area contributed by atoms with Gasteiger partial charge in [-0.1, -0.05) is 20.8 Å². The highest BCUT2D eigenvalue weighted by molar-refractivity contribution is 4.84. The first-order valence-electron chi connectivity index (χ1n) is 6.53. The van der Waals surface area contributed by atoms with Crippen molar-refractivity contribution in [2.75, 3.05) is 39.5 Å². The molecule has 0 spiro atoms. The average molecular weight is 229 g/mol. The second-order valence-corrected chi connectivity index (χ2v) is 5.54. The second-order valence-electron chi connectivity index (χ2n) is 5.54. The Hall–Kier alpha value is -0.120. The molecule has 96 valence electrons. The third kappa shape index (κ3) is 4.04. The van der Waals surface area contributed by atoms with Crippen LogP contribution < -0.4 is 0 Å². The van der Waals surface area contributed by atoms with Crippen LogP contribution in [0.3, 0.4) is 0 Å². The molecule has 1 saturated heterocycles. The smallest absolute Gasteiger partial charge is 0.0556 e. The Labute approximate surface area is 99.8 Å². The van der Waals surface area contributed by atoms with Gasteiger partial charge < -0.3 is 14.7 Å². The highest BCUT2D eigenvalue weighted by atomic mass is 16.5. The molecule has 1 unspecified atom stereocenters. The zero-order valence-corrected chi connectivity index (χ0v) is 11.0. The molecule has 0 aromatic carbocycles. The van der Waals surface area contributed by atoms with Crippen LogP contribution in [0.5, 0.6) is 0 Å². The minimum atomic E-state index is -0.0108. The molecule has 0 radical (unpaired) electrons. The van der Waals surface area contributed by atoms with Crippen LogP contribution in [0.2, 0.25) is 0 Å². The summed E-state index contributed by atoms with van der Waals surface area (Å²) < 4.78 is 5.54. The molecule has 1 heterocycles. The third-order valence-electron chi connectivity index (χ3n) is 3.37. The summed E-state index contributed by atoms with van der Waals surface area (Å²) in [5.74, 6) is 0.681. The van der Waals surface area contributed by atoms with Gasteiger partial charge >= 0.3 is 0 Å². The van der Waals surface area contributed by atoms with Crippen LogP contribution in [0, 0.1) is 11.3 Å². The summed E-state index contributed by atoms with van der Waals surface area (Å²) in [5, 5.41) is 9.61. The van der Waals surface area contributed by atoms with Crippen molar-refractivity contribution in [1.82, 2.24) is 4.90 Å². The number of nitrogens with zero attached hydrogens (tertiary/aromatic N) is 1. The van der Waals surface area contributed by atoms with E-state index in [9.17, 15) is 5.11 Å². The molecule has 0 amide bonds. The van der Waals surface area contributed by atoms with E-state index in [0.717, 1.165) is 45.7 Å². The molecule has 1 N–H and O–H groups in total. The van der Waals surface area contributed by atoms with E-state index < -0.39 is 0 Å². The lowest BCUT2D eigenvalue weighted by Gasteiger charge is -2.39. The zero-order valence-electron chi connectivity index (χ0n) is 11.0. The van der Waals surface area contributed by atoms with E-state index in [1.165, 1.54) is 0 Å². The van der Waals surface area contributed by atoms with E-state index in [1.54, 1.807) is 0 Å². The van der Waals surface area contributed by atoms with E-state index >= 15 is 0 Å². The lowest BCUT2D eigenvalue weighted by Crippen LogP contribution is -2.46. The molecular formula is C13H27NO2. The highest BCUT2D eigenvalue weighted by Crippen LogP contribution is 2.29. The van der Waals surface area contributed by atoms with Gasteiger partial charge in [0.05, 0.1) is 13.2 Å². The quantitative estimate of drug-likeness (QED) is 0.753. The normalized spacial score (nSPS) is 26.6. The van der Waals surface area contributed by atoms with Crippen LogP contribution in [-0.2, 0) is 4.74 Å². The minimum absolute atomic E-state index is 0.0108. The van der Waals surface area contributed by atoms with Crippen molar-refractivity contribution >= 4 is 0 Å². The predicted molar refractivity (Wildman–Crippen MR) is 66.5 cm³/mol. The Bertz CT molecular complexity index is 188.